The van der Waals surface area contributed by atoms with Crippen LogP contribution in [0.4, 0.5) is 10.2 Å². The summed E-state index contributed by atoms with van der Waals surface area (Å²) in [4.78, 5) is 4.26. The summed E-state index contributed by atoms with van der Waals surface area (Å²) in [6, 6.07) is 9.78. The first-order valence-corrected chi connectivity index (χ1v) is 7.36. The van der Waals surface area contributed by atoms with E-state index in [0.717, 1.165) is 6.42 Å². The first-order chi connectivity index (χ1) is 11.2. The van der Waals surface area contributed by atoms with Gasteiger partial charge in [-0.05, 0) is 49.7 Å². The maximum atomic E-state index is 12.9. The fourth-order valence-corrected chi connectivity index (χ4v) is 1.92. The highest BCUT2D eigenvalue weighted by molar-refractivity contribution is 5.57. The molecule has 1 N–H and O–H groups in total. The molecule has 0 saturated carbocycles. The van der Waals surface area contributed by atoms with Gasteiger partial charge in [-0.3, -0.25) is 0 Å². The van der Waals surface area contributed by atoms with E-state index in [9.17, 15) is 4.39 Å². The van der Waals surface area contributed by atoms with Crippen LogP contribution in [0.25, 0.3) is 23.0 Å². The molecule has 118 valence electrons. The minimum atomic E-state index is -0.312. The summed E-state index contributed by atoms with van der Waals surface area (Å²) >= 11 is 0. The molecule has 0 aliphatic carbocycles. The number of hydrogen-bond donors (Lipinski definition) is 1. The lowest BCUT2D eigenvalue weighted by Crippen LogP contribution is -2.14. The van der Waals surface area contributed by atoms with Crippen molar-refractivity contribution in [1.82, 2.24) is 20.3 Å². The van der Waals surface area contributed by atoms with Gasteiger partial charge in [0, 0.05) is 11.6 Å². The highest BCUT2D eigenvalue weighted by Gasteiger charge is 2.12. The van der Waals surface area contributed by atoms with Gasteiger partial charge in [0.1, 0.15) is 11.6 Å². The predicted molar refractivity (Wildman–Crippen MR) is 84.1 cm³/mol. The van der Waals surface area contributed by atoms with Crippen LogP contribution >= 0.6 is 0 Å². The fraction of sp³-hybridized carbons (Fsp3) is 0.250. The van der Waals surface area contributed by atoms with Crippen molar-refractivity contribution in [2.75, 3.05) is 5.32 Å². The quantitative estimate of drug-likeness (QED) is 0.776. The topological polar surface area (TPSA) is 76.7 Å². The lowest BCUT2D eigenvalue weighted by Gasteiger charge is -2.10. The van der Waals surface area contributed by atoms with Crippen molar-refractivity contribution in [3.05, 3.63) is 42.2 Å². The van der Waals surface area contributed by atoms with E-state index in [1.165, 1.54) is 12.1 Å². The second kappa shape index (κ2) is 6.51. The summed E-state index contributed by atoms with van der Waals surface area (Å²) in [5.74, 6) is 1.03. The molecule has 7 heteroatoms. The van der Waals surface area contributed by atoms with Gasteiger partial charge in [0.25, 0.3) is 5.89 Å². The van der Waals surface area contributed by atoms with Crippen LogP contribution in [-0.2, 0) is 0 Å². The first kappa shape index (κ1) is 15.1. The maximum Gasteiger partial charge on any atom is 0.278 e. The van der Waals surface area contributed by atoms with E-state index < -0.39 is 0 Å². The highest BCUT2D eigenvalue weighted by Crippen LogP contribution is 2.21. The van der Waals surface area contributed by atoms with E-state index in [2.05, 4.69) is 39.5 Å². The van der Waals surface area contributed by atoms with Gasteiger partial charge < -0.3 is 9.84 Å². The summed E-state index contributed by atoms with van der Waals surface area (Å²) in [6.07, 6.45) is 0.994. The van der Waals surface area contributed by atoms with Crippen LogP contribution < -0.4 is 5.32 Å². The zero-order valence-electron chi connectivity index (χ0n) is 12.8. The fourth-order valence-electron chi connectivity index (χ4n) is 1.92. The van der Waals surface area contributed by atoms with Crippen LogP contribution in [0.5, 0.6) is 0 Å². The number of rotatable bonds is 5. The largest absolute Gasteiger partial charge is 0.366 e. The number of benzene rings is 1. The molecule has 0 aliphatic heterocycles. The van der Waals surface area contributed by atoms with Crippen molar-refractivity contribution < 1.29 is 8.91 Å². The minimum Gasteiger partial charge on any atom is -0.366 e. The zero-order valence-corrected chi connectivity index (χ0v) is 12.8. The summed E-state index contributed by atoms with van der Waals surface area (Å²) in [5.41, 5.74) is 1.16. The van der Waals surface area contributed by atoms with E-state index in [1.54, 1.807) is 18.2 Å². The molecule has 0 saturated heterocycles. The second-order valence-electron chi connectivity index (χ2n) is 5.19. The molecule has 0 amide bonds. The van der Waals surface area contributed by atoms with Crippen LogP contribution in [-0.4, -0.2) is 26.4 Å². The molecule has 1 atom stereocenters. The molecule has 3 aromatic rings. The predicted octanol–water partition coefficient (Wildman–Crippen LogP) is 3.54. The zero-order chi connectivity index (χ0) is 16.2. The number of nitrogens with one attached hydrogen (secondary N) is 1. The Morgan fingerprint density at radius 2 is 1.91 bits per heavy atom. The van der Waals surface area contributed by atoms with Crippen molar-refractivity contribution in [3.63, 3.8) is 0 Å². The van der Waals surface area contributed by atoms with Crippen LogP contribution in [0.15, 0.2) is 40.9 Å². The Bertz CT molecular complexity index is 770. The molecular weight excluding hydrogens is 297 g/mol. The third-order valence-electron chi connectivity index (χ3n) is 3.42. The minimum absolute atomic E-state index is 0.270. The van der Waals surface area contributed by atoms with Gasteiger partial charge in [-0.15, -0.1) is 10.2 Å². The van der Waals surface area contributed by atoms with Gasteiger partial charge in [-0.1, -0.05) is 12.1 Å². The van der Waals surface area contributed by atoms with Crippen molar-refractivity contribution in [1.29, 1.82) is 0 Å². The molecule has 0 radical (unpaired) electrons. The lowest BCUT2D eigenvalue weighted by molar-refractivity contribution is 0.430. The molecule has 2 heterocycles. The van der Waals surface area contributed by atoms with Crippen molar-refractivity contribution in [2.24, 2.45) is 0 Å². The summed E-state index contributed by atoms with van der Waals surface area (Å²) in [7, 11) is 0. The van der Waals surface area contributed by atoms with Crippen LogP contribution in [0.3, 0.4) is 0 Å². The van der Waals surface area contributed by atoms with E-state index in [-0.39, 0.29) is 11.7 Å². The number of hydrogen-bond acceptors (Lipinski definition) is 6. The Hall–Kier alpha value is -2.83. The van der Waals surface area contributed by atoms with E-state index in [4.69, 9.17) is 4.52 Å². The summed E-state index contributed by atoms with van der Waals surface area (Å²) in [6.45, 7) is 4.16. The molecule has 2 aromatic heterocycles. The second-order valence-corrected chi connectivity index (χ2v) is 5.19. The number of anilines is 1. The van der Waals surface area contributed by atoms with Crippen LogP contribution in [0, 0.1) is 5.82 Å². The Balaban J connectivity index is 1.78. The molecule has 6 nitrogen and oxygen atoms in total. The molecule has 0 bridgehead atoms. The molecule has 0 spiro atoms. The number of halogens is 1. The van der Waals surface area contributed by atoms with Crippen LogP contribution in [0.1, 0.15) is 20.3 Å². The Labute approximate surface area is 132 Å². The smallest absolute Gasteiger partial charge is 0.278 e. The Morgan fingerprint density at radius 3 is 2.57 bits per heavy atom. The standard InChI is InChI=1S/C16H16FN5O/c1-3-10(2)18-14-9-8-13(20-21-14)16-19-15(22-23-16)11-4-6-12(17)7-5-11/h4-10H,3H2,1-2H3,(H,18,21). The van der Waals surface area contributed by atoms with Gasteiger partial charge in [-0.25, -0.2) is 4.39 Å². The molecule has 23 heavy (non-hydrogen) atoms. The maximum absolute atomic E-state index is 12.9. The number of nitrogens with zero attached hydrogens (tertiary/aromatic N) is 4. The Morgan fingerprint density at radius 1 is 1.13 bits per heavy atom. The molecule has 0 fully saturated rings. The Kier molecular flexibility index (Phi) is 4.27. The van der Waals surface area contributed by atoms with Gasteiger partial charge in [0.05, 0.1) is 0 Å². The molecule has 1 aromatic carbocycles. The molecular formula is C16H16FN5O. The van der Waals surface area contributed by atoms with Crippen LogP contribution in [0.2, 0.25) is 0 Å². The first-order valence-electron chi connectivity index (χ1n) is 7.36. The van der Waals surface area contributed by atoms with E-state index in [0.29, 0.717) is 28.9 Å². The van der Waals surface area contributed by atoms with Crippen molar-refractivity contribution in [3.8, 4) is 23.0 Å². The van der Waals surface area contributed by atoms with E-state index in [1.807, 2.05) is 6.07 Å². The van der Waals surface area contributed by atoms with Gasteiger partial charge >= 0.3 is 0 Å². The average molecular weight is 313 g/mol. The van der Waals surface area contributed by atoms with Gasteiger partial charge in [0.15, 0.2) is 5.69 Å². The lowest BCUT2D eigenvalue weighted by atomic mass is 10.2. The average Bonchev–Trinajstić information content (AvgIpc) is 3.06. The molecule has 3 rings (SSSR count). The van der Waals surface area contributed by atoms with Crippen molar-refractivity contribution in [2.45, 2.75) is 26.3 Å². The van der Waals surface area contributed by atoms with Gasteiger partial charge in [-0.2, -0.15) is 4.98 Å². The van der Waals surface area contributed by atoms with E-state index >= 15 is 0 Å². The summed E-state index contributed by atoms with van der Waals surface area (Å²) in [5, 5.41) is 15.3. The third kappa shape index (κ3) is 3.50. The molecule has 0 aliphatic rings. The number of aromatic nitrogens is 4. The monoisotopic (exact) mass is 313 g/mol. The SMILES string of the molecule is CCC(C)Nc1ccc(-c2nc(-c3ccc(F)cc3)no2)nn1. The van der Waals surface area contributed by atoms with Gasteiger partial charge in [0.2, 0.25) is 5.82 Å². The normalized spacial score (nSPS) is 12.1. The highest BCUT2D eigenvalue weighted by atomic mass is 19.1. The molecule has 1 unspecified atom stereocenters. The summed E-state index contributed by atoms with van der Waals surface area (Å²) < 4.78 is 18.1. The van der Waals surface area contributed by atoms with Crippen molar-refractivity contribution >= 4 is 5.82 Å². The third-order valence-corrected chi connectivity index (χ3v) is 3.42.